The van der Waals surface area contributed by atoms with Crippen molar-refractivity contribution in [2.24, 2.45) is 0 Å². The molecule has 1 fully saturated rings. The van der Waals surface area contributed by atoms with Crippen LogP contribution in [-0.4, -0.2) is 36.4 Å². The third-order valence-corrected chi connectivity index (χ3v) is 4.71. The van der Waals surface area contributed by atoms with Gasteiger partial charge in [0.25, 0.3) is 0 Å². The van der Waals surface area contributed by atoms with Crippen molar-refractivity contribution in [3.05, 3.63) is 23.8 Å². The molecular weight excluding hydrogens is 302 g/mol. The number of nitrogens with one attached hydrogen (secondary N) is 2. The van der Waals surface area contributed by atoms with Crippen LogP contribution in [0.4, 0.5) is 16.2 Å². The summed E-state index contributed by atoms with van der Waals surface area (Å²) in [4.78, 5) is 14.4. The topological polar surface area (TPSA) is 64.6 Å². The molecule has 3 N–H and O–H groups in total. The Bertz CT molecular complexity index is 547. The van der Waals surface area contributed by atoms with Gasteiger partial charge in [-0.05, 0) is 63.3 Å². The van der Waals surface area contributed by atoms with Crippen LogP contribution in [0.15, 0.2) is 18.2 Å². The van der Waals surface area contributed by atoms with Gasteiger partial charge in [0, 0.05) is 30.5 Å². The van der Waals surface area contributed by atoms with Crippen LogP contribution in [0, 0.1) is 6.92 Å². The monoisotopic (exact) mass is 333 g/mol. The minimum absolute atomic E-state index is 0.271. The standard InChI is InChI=1S/C19H31N3O2/c1-4-7-17(23)13-20-19(24)21-18-10-9-16(12-14(18)2)22-11-6-5-8-15(22)3/h9-10,12,15,17,23H,4-8,11,13H2,1-3H3,(H2,20,21,24). The van der Waals surface area contributed by atoms with E-state index in [-0.39, 0.29) is 12.6 Å². The second-order valence-corrected chi connectivity index (χ2v) is 6.81. The van der Waals surface area contributed by atoms with E-state index in [0.29, 0.717) is 12.5 Å². The summed E-state index contributed by atoms with van der Waals surface area (Å²) in [5.41, 5.74) is 3.09. The maximum absolute atomic E-state index is 12.0. The summed E-state index contributed by atoms with van der Waals surface area (Å²) in [6.45, 7) is 7.68. The molecule has 0 aliphatic carbocycles. The summed E-state index contributed by atoms with van der Waals surface area (Å²) in [6, 6.07) is 6.49. The van der Waals surface area contributed by atoms with E-state index in [1.807, 2.05) is 19.9 Å². The predicted octanol–water partition coefficient (Wildman–Crippen LogP) is 3.66. The minimum atomic E-state index is -0.482. The van der Waals surface area contributed by atoms with Gasteiger partial charge in [-0.3, -0.25) is 0 Å². The van der Waals surface area contributed by atoms with Crippen molar-refractivity contribution in [3.63, 3.8) is 0 Å². The first kappa shape index (κ1) is 18.6. The number of rotatable bonds is 6. The van der Waals surface area contributed by atoms with Crippen molar-refractivity contribution in [2.75, 3.05) is 23.3 Å². The van der Waals surface area contributed by atoms with Gasteiger partial charge in [-0.2, -0.15) is 0 Å². The third kappa shape index (κ3) is 5.13. The highest BCUT2D eigenvalue weighted by atomic mass is 16.3. The average Bonchev–Trinajstić information content (AvgIpc) is 2.56. The van der Waals surface area contributed by atoms with E-state index in [1.165, 1.54) is 24.9 Å². The molecule has 1 aliphatic rings. The van der Waals surface area contributed by atoms with E-state index >= 15 is 0 Å². The van der Waals surface area contributed by atoms with Crippen LogP contribution in [0.2, 0.25) is 0 Å². The molecule has 1 saturated heterocycles. The number of nitrogens with zero attached hydrogens (tertiary/aromatic N) is 1. The van der Waals surface area contributed by atoms with Gasteiger partial charge in [0.15, 0.2) is 0 Å². The highest BCUT2D eigenvalue weighted by molar-refractivity contribution is 5.90. The molecule has 2 atom stereocenters. The smallest absolute Gasteiger partial charge is 0.319 e. The molecule has 5 heteroatoms. The quantitative estimate of drug-likeness (QED) is 0.744. The van der Waals surface area contributed by atoms with Gasteiger partial charge >= 0.3 is 6.03 Å². The van der Waals surface area contributed by atoms with Crippen LogP contribution >= 0.6 is 0 Å². The van der Waals surface area contributed by atoms with E-state index in [1.54, 1.807) is 0 Å². The zero-order valence-corrected chi connectivity index (χ0v) is 15.1. The minimum Gasteiger partial charge on any atom is -0.391 e. The Morgan fingerprint density at radius 2 is 2.21 bits per heavy atom. The van der Waals surface area contributed by atoms with E-state index in [9.17, 15) is 9.90 Å². The molecule has 1 heterocycles. The molecule has 0 spiro atoms. The Morgan fingerprint density at radius 3 is 2.88 bits per heavy atom. The molecule has 0 radical (unpaired) electrons. The summed E-state index contributed by atoms with van der Waals surface area (Å²) in [7, 11) is 0. The van der Waals surface area contributed by atoms with Crippen molar-refractivity contribution < 1.29 is 9.90 Å². The summed E-state index contributed by atoms with van der Waals surface area (Å²) >= 11 is 0. The van der Waals surface area contributed by atoms with Gasteiger partial charge in [-0.1, -0.05) is 13.3 Å². The van der Waals surface area contributed by atoms with Crippen LogP contribution in [0.25, 0.3) is 0 Å². The molecule has 1 aliphatic heterocycles. The zero-order chi connectivity index (χ0) is 17.5. The number of benzene rings is 1. The molecular formula is C19H31N3O2. The number of hydrogen-bond donors (Lipinski definition) is 3. The summed E-state index contributed by atoms with van der Waals surface area (Å²) < 4.78 is 0. The highest BCUT2D eigenvalue weighted by Crippen LogP contribution is 2.28. The van der Waals surface area contributed by atoms with Crippen molar-refractivity contribution >= 4 is 17.4 Å². The first-order valence-corrected chi connectivity index (χ1v) is 9.11. The third-order valence-electron chi connectivity index (χ3n) is 4.71. The number of hydrogen-bond acceptors (Lipinski definition) is 3. The number of urea groups is 1. The fourth-order valence-corrected chi connectivity index (χ4v) is 3.26. The molecule has 134 valence electrons. The van der Waals surface area contributed by atoms with E-state index in [2.05, 4.69) is 34.6 Å². The van der Waals surface area contributed by atoms with Crippen LogP contribution in [0.5, 0.6) is 0 Å². The number of carbonyl (C=O) groups is 1. The number of piperidine rings is 1. The predicted molar refractivity (Wildman–Crippen MR) is 99.8 cm³/mol. The molecule has 1 aromatic carbocycles. The lowest BCUT2D eigenvalue weighted by Gasteiger charge is -2.35. The molecule has 0 saturated carbocycles. The Kier molecular flexibility index (Phi) is 6.91. The molecule has 0 aromatic heterocycles. The molecule has 5 nitrogen and oxygen atoms in total. The lowest BCUT2D eigenvalue weighted by Crippen LogP contribution is -2.37. The first-order chi connectivity index (χ1) is 11.5. The Hall–Kier alpha value is -1.75. The largest absolute Gasteiger partial charge is 0.391 e. The van der Waals surface area contributed by atoms with Crippen molar-refractivity contribution in [1.29, 1.82) is 0 Å². The van der Waals surface area contributed by atoms with Gasteiger partial charge < -0.3 is 20.6 Å². The van der Waals surface area contributed by atoms with Crippen LogP contribution in [-0.2, 0) is 0 Å². The number of aliphatic hydroxyl groups is 1. The number of aliphatic hydroxyl groups excluding tert-OH is 1. The first-order valence-electron chi connectivity index (χ1n) is 9.11. The fraction of sp³-hybridized carbons (Fsp3) is 0.632. The Morgan fingerprint density at radius 1 is 1.42 bits per heavy atom. The van der Waals surface area contributed by atoms with Crippen LogP contribution < -0.4 is 15.5 Å². The SMILES string of the molecule is CCCC(O)CNC(=O)Nc1ccc(N2CCCCC2C)cc1C. The number of amides is 2. The molecule has 2 amide bonds. The Labute approximate surface area is 145 Å². The van der Waals surface area contributed by atoms with Crippen LogP contribution in [0.1, 0.15) is 51.5 Å². The summed E-state index contributed by atoms with van der Waals surface area (Å²) in [5.74, 6) is 0. The second kappa shape index (κ2) is 8.92. The lowest BCUT2D eigenvalue weighted by atomic mass is 10.0. The summed E-state index contributed by atoms with van der Waals surface area (Å²) in [6.07, 6.45) is 4.90. The summed E-state index contributed by atoms with van der Waals surface area (Å²) in [5, 5.41) is 15.3. The van der Waals surface area contributed by atoms with Crippen molar-refractivity contribution in [3.8, 4) is 0 Å². The fourth-order valence-electron chi connectivity index (χ4n) is 3.26. The maximum atomic E-state index is 12.0. The highest BCUT2D eigenvalue weighted by Gasteiger charge is 2.19. The van der Waals surface area contributed by atoms with E-state index in [0.717, 1.165) is 24.2 Å². The zero-order valence-electron chi connectivity index (χ0n) is 15.1. The van der Waals surface area contributed by atoms with Crippen LogP contribution in [0.3, 0.4) is 0 Å². The van der Waals surface area contributed by atoms with Gasteiger partial charge in [0.05, 0.1) is 6.10 Å². The normalized spacial score (nSPS) is 19.0. The van der Waals surface area contributed by atoms with Gasteiger partial charge in [0.2, 0.25) is 0 Å². The van der Waals surface area contributed by atoms with Crippen molar-refractivity contribution in [1.82, 2.24) is 5.32 Å². The molecule has 2 unspecified atom stereocenters. The number of aryl methyl sites for hydroxylation is 1. The molecule has 2 rings (SSSR count). The number of anilines is 2. The average molecular weight is 333 g/mol. The Balaban J connectivity index is 1.93. The maximum Gasteiger partial charge on any atom is 0.319 e. The molecule has 0 bridgehead atoms. The lowest BCUT2D eigenvalue weighted by molar-refractivity contribution is 0.162. The van der Waals surface area contributed by atoms with E-state index in [4.69, 9.17) is 0 Å². The second-order valence-electron chi connectivity index (χ2n) is 6.81. The number of carbonyl (C=O) groups excluding carboxylic acids is 1. The molecule has 1 aromatic rings. The van der Waals surface area contributed by atoms with E-state index < -0.39 is 6.10 Å². The van der Waals surface area contributed by atoms with Gasteiger partial charge in [-0.15, -0.1) is 0 Å². The van der Waals surface area contributed by atoms with Gasteiger partial charge in [-0.25, -0.2) is 4.79 Å². The molecule has 24 heavy (non-hydrogen) atoms. The van der Waals surface area contributed by atoms with Gasteiger partial charge in [0.1, 0.15) is 0 Å². The van der Waals surface area contributed by atoms with Crippen molar-refractivity contribution in [2.45, 2.75) is 65.0 Å².